The molecule has 2 atom stereocenters. The summed E-state index contributed by atoms with van der Waals surface area (Å²) < 4.78 is 0. The number of rotatable bonds is 3. The molecule has 0 saturated carbocycles. The van der Waals surface area contributed by atoms with Crippen LogP contribution >= 0.6 is 0 Å². The molecule has 0 spiro atoms. The van der Waals surface area contributed by atoms with Gasteiger partial charge in [0.05, 0.1) is 0 Å². The van der Waals surface area contributed by atoms with Crippen LogP contribution in [0.5, 0.6) is 0 Å². The summed E-state index contributed by atoms with van der Waals surface area (Å²) in [6.07, 6.45) is 0. The highest BCUT2D eigenvalue weighted by molar-refractivity contribution is 5.26. The SMILES string of the molecule is CC.N[C@H](c1ccccc1)[C@H](N)c1ccccc1. The average Bonchev–Trinajstić information content (AvgIpc) is 2.49. The predicted octanol–water partition coefficient (Wildman–Crippen LogP) is 3.41. The van der Waals surface area contributed by atoms with Gasteiger partial charge in [0, 0.05) is 12.1 Å². The zero-order chi connectivity index (χ0) is 13.4. The highest BCUT2D eigenvalue weighted by Gasteiger charge is 2.16. The van der Waals surface area contributed by atoms with Gasteiger partial charge >= 0.3 is 0 Å². The topological polar surface area (TPSA) is 52.0 Å². The van der Waals surface area contributed by atoms with Crippen LogP contribution in [0.15, 0.2) is 60.7 Å². The predicted molar refractivity (Wildman–Crippen MR) is 78.1 cm³/mol. The van der Waals surface area contributed by atoms with E-state index in [4.69, 9.17) is 11.5 Å². The molecular formula is C16H22N2. The standard InChI is InChI=1S/C14H16N2.C2H6/c15-13(11-7-3-1-4-8-11)14(16)12-9-5-2-6-10-12;1-2/h1-10,13-14H,15-16H2;1-2H3/t13-,14-;/m1./s1. The Hall–Kier alpha value is -1.64. The molecule has 0 radical (unpaired) electrons. The molecule has 2 rings (SSSR count). The molecule has 0 heterocycles. The van der Waals surface area contributed by atoms with Crippen molar-refractivity contribution in [3.05, 3.63) is 71.8 Å². The number of hydrogen-bond donors (Lipinski definition) is 2. The minimum Gasteiger partial charge on any atom is -0.322 e. The van der Waals surface area contributed by atoms with Crippen LogP contribution in [0, 0.1) is 0 Å². The van der Waals surface area contributed by atoms with E-state index in [9.17, 15) is 0 Å². The summed E-state index contributed by atoms with van der Waals surface area (Å²) in [4.78, 5) is 0. The van der Waals surface area contributed by atoms with Crippen molar-refractivity contribution in [2.75, 3.05) is 0 Å². The summed E-state index contributed by atoms with van der Waals surface area (Å²) in [5.41, 5.74) is 14.4. The van der Waals surface area contributed by atoms with Crippen molar-refractivity contribution in [2.24, 2.45) is 11.5 Å². The van der Waals surface area contributed by atoms with E-state index in [-0.39, 0.29) is 12.1 Å². The molecule has 0 bridgehead atoms. The molecule has 4 N–H and O–H groups in total. The van der Waals surface area contributed by atoms with Gasteiger partial charge in [0.2, 0.25) is 0 Å². The van der Waals surface area contributed by atoms with Crippen LogP contribution in [0.3, 0.4) is 0 Å². The normalized spacial score (nSPS) is 13.1. The fraction of sp³-hybridized carbons (Fsp3) is 0.250. The lowest BCUT2D eigenvalue weighted by molar-refractivity contribution is 0.574. The number of nitrogens with two attached hydrogens (primary N) is 2. The molecule has 0 amide bonds. The van der Waals surface area contributed by atoms with E-state index in [1.54, 1.807) is 0 Å². The molecular weight excluding hydrogens is 220 g/mol. The van der Waals surface area contributed by atoms with Gasteiger partial charge in [-0.3, -0.25) is 0 Å². The molecule has 0 fully saturated rings. The monoisotopic (exact) mass is 242 g/mol. The molecule has 0 aliphatic carbocycles. The fourth-order valence-corrected chi connectivity index (χ4v) is 1.77. The average molecular weight is 242 g/mol. The van der Waals surface area contributed by atoms with Gasteiger partial charge in [0.1, 0.15) is 0 Å². The minimum absolute atomic E-state index is 0.163. The first-order valence-corrected chi connectivity index (χ1v) is 6.40. The van der Waals surface area contributed by atoms with Crippen molar-refractivity contribution in [3.63, 3.8) is 0 Å². The molecule has 2 aromatic carbocycles. The molecule has 0 saturated heterocycles. The Kier molecular flexibility index (Phi) is 6.12. The molecule has 0 unspecified atom stereocenters. The van der Waals surface area contributed by atoms with Gasteiger partial charge in [0.25, 0.3) is 0 Å². The van der Waals surface area contributed by atoms with Crippen molar-refractivity contribution >= 4 is 0 Å². The Morgan fingerprint density at radius 1 is 0.611 bits per heavy atom. The third-order valence-electron chi connectivity index (χ3n) is 2.76. The summed E-state index contributed by atoms with van der Waals surface area (Å²) in [7, 11) is 0. The van der Waals surface area contributed by atoms with Crippen molar-refractivity contribution in [2.45, 2.75) is 25.9 Å². The lowest BCUT2D eigenvalue weighted by Gasteiger charge is -2.20. The smallest absolute Gasteiger partial charge is 0.0491 e. The van der Waals surface area contributed by atoms with E-state index in [1.165, 1.54) is 0 Å². The maximum absolute atomic E-state index is 6.15. The van der Waals surface area contributed by atoms with E-state index < -0.39 is 0 Å². The highest BCUT2D eigenvalue weighted by Crippen LogP contribution is 2.23. The summed E-state index contributed by atoms with van der Waals surface area (Å²) in [5, 5.41) is 0. The van der Waals surface area contributed by atoms with Crippen LogP contribution in [0.25, 0.3) is 0 Å². The summed E-state index contributed by atoms with van der Waals surface area (Å²) in [6, 6.07) is 19.6. The molecule has 18 heavy (non-hydrogen) atoms. The zero-order valence-corrected chi connectivity index (χ0v) is 11.1. The molecule has 2 nitrogen and oxygen atoms in total. The quantitative estimate of drug-likeness (QED) is 0.866. The Balaban J connectivity index is 0.000000771. The Bertz CT molecular complexity index is 382. The van der Waals surface area contributed by atoms with Crippen LogP contribution < -0.4 is 11.5 Å². The van der Waals surface area contributed by atoms with Crippen LogP contribution in [-0.4, -0.2) is 0 Å². The van der Waals surface area contributed by atoms with Gasteiger partial charge in [-0.25, -0.2) is 0 Å². The van der Waals surface area contributed by atoms with Gasteiger partial charge in [0.15, 0.2) is 0 Å². The summed E-state index contributed by atoms with van der Waals surface area (Å²) in [5.74, 6) is 0. The number of hydrogen-bond acceptors (Lipinski definition) is 2. The van der Waals surface area contributed by atoms with Crippen molar-refractivity contribution in [1.29, 1.82) is 0 Å². The second-order valence-electron chi connectivity index (χ2n) is 3.87. The molecule has 0 aliphatic rings. The van der Waals surface area contributed by atoms with Gasteiger partial charge in [-0.15, -0.1) is 0 Å². The van der Waals surface area contributed by atoms with Crippen LogP contribution in [0.4, 0.5) is 0 Å². The Morgan fingerprint density at radius 3 is 1.17 bits per heavy atom. The van der Waals surface area contributed by atoms with E-state index >= 15 is 0 Å². The second-order valence-corrected chi connectivity index (χ2v) is 3.87. The van der Waals surface area contributed by atoms with Crippen molar-refractivity contribution in [3.8, 4) is 0 Å². The second kappa shape index (κ2) is 7.64. The molecule has 0 aliphatic heterocycles. The summed E-state index contributed by atoms with van der Waals surface area (Å²) in [6.45, 7) is 4.00. The first kappa shape index (κ1) is 14.4. The lowest BCUT2D eigenvalue weighted by atomic mass is 9.95. The number of benzene rings is 2. The molecule has 0 aromatic heterocycles. The zero-order valence-electron chi connectivity index (χ0n) is 11.1. The maximum Gasteiger partial charge on any atom is 0.0491 e. The first-order valence-electron chi connectivity index (χ1n) is 6.40. The van der Waals surface area contributed by atoms with Crippen molar-refractivity contribution in [1.82, 2.24) is 0 Å². The third-order valence-corrected chi connectivity index (χ3v) is 2.76. The third kappa shape index (κ3) is 3.69. The Labute approximate surface area is 110 Å². The molecule has 96 valence electrons. The largest absolute Gasteiger partial charge is 0.322 e. The van der Waals surface area contributed by atoms with Gasteiger partial charge in [-0.05, 0) is 11.1 Å². The maximum atomic E-state index is 6.15. The summed E-state index contributed by atoms with van der Waals surface area (Å²) >= 11 is 0. The Morgan fingerprint density at radius 2 is 0.889 bits per heavy atom. The van der Waals surface area contributed by atoms with Gasteiger partial charge in [-0.1, -0.05) is 74.5 Å². The van der Waals surface area contributed by atoms with Crippen LogP contribution in [0.2, 0.25) is 0 Å². The highest BCUT2D eigenvalue weighted by atomic mass is 14.8. The van der Waals surface area contributed by atoms with E-state index in [0.717, 1.165) is 11.1 Å². The van der Waals surface area contributed by atoms with Crippen molar-refractivity contribution < 1.29 is 0 Å². The minimum atomic E-state index is -0.163. The van der Waals surface area contributed by atoms with Gasteiger partial charge in [-0.2, -0.15) is 0 Å². The van der Waals surface area contributed by atoms with Crippen LogP contribution in [0.1, 0.15) is 37.1 Å². The van der Waals surface area contributed by atoms with E-state index in [2.05, 4.69) is 0 Å². The van der Waals surface area contributed by atoms with Gasteiger partial charge < -0.3 is 11.5 Å². The molecule has 2 heteroatoms. The fourth-order valence-electron chi connectivity index (χ4n) is 1.77. The van der Waals surface area contributed by atoms with E-state index in [1.807, 2.05) is 74.5 Å². The lowest BCUT2D eigenvalue weighted by Crippen LogP contribution is -2.26. The molecule has 2 aromatic rings. The first-order chi connectivity index (χ1) is 8.79. The van der Waals surface area contributed by atoms with E-state index in [0.29, 0.717) is 0 Å². The van der Waals surface area contributed by atoms with Crippen LogP contribution in [-0.2, 0) is 0 Å².